The van der Waals surface area contributed by atoms with E-state index in [1.54, 1.807) is 0 Å². The summed E-state index contributed by atoms with van der Waals surface area (Å²) in [6, 6.07) is 0. The molecule has 0 spiro atoms. The first kappa shape index (κ1) is 20.0. The van der Waals surface area contributed by atoms with Gasteiger partial charge in [-0.25, -0.2) is 0 Å². The van der Waals surface area contributed by atoms with Crippen LogP contribution in [0.25, 0.3) is 0 Å². The van der Waals surface area contributed by atoms with Crippen molar-refractivity contribution in [3.8, 4) is 0 Å². The van der Waals surface area contributed by atoms with Crippen molar-refractivity contribution >= 4 is 0 Å². The third-order valence-corrected chi connectivity index (χ3v) is 5.71. The van der Waals surface area contributed by atoms with Gasteiger partial charge in [0, 0.05) is 11.1 Å². The summed E-state index contributed by atoms with van der Waals surface area (Å²) in [7, 11) is 0. The van der Waals surface area contributed by atoms with E-state index in [2.05, 4.69) is 39.9 Å². The highest BCUT2D eigenvalue weighted by molar-refractivity contribution is 4.98. The third-order valence-electron chi connectivity index (χ3n) is 5.71. The molecule has 1 N–H and O–H groups in total. The Bertz CT molecular complexity index is 280. The molecule has 1 fully saturated rings. The second kappa shape index (κ2) is 9.96. The zero-order valence-electron chi connectivity index (χ0n) is 16.3. The normalized spacial score (nSPS) is 23.6. The average molecular weight is 310 g/mol. The fourth-order valence-electron chi connectivity index (χ4n) is 4.32. The molecule has 0 saturated carbocycles. The predicted octanol–water partition coefficient (Wildman–Crippen LogP) is 6.85. The van der Waals surface area contributed by atoms with E-state index >= 15 is 0 Å². The van der Waals surface area contributed by atoms with Crippen molar-refractivity contribution in [2.75, 3.05) is 0 Å². The molecule has 0 bridgehead atoms. The lowest BCUT2D eigenvalue weighted by Gasteiger charge is -2.48. The van der Waals surface area contributed by atoms with Crippen molar-refractivity contribution in [3.05, 3.63) is 0 Å². The molecule has 0 amide bonds. The number of rotatable bonds is 11. The zero-order valence-corrected chi connectivity index (χ0v) is 16.3. The van der Waals surface area contributed by atoms with Crippen molar-refractivity contribution in [1.29, 1.82) is 0 Å². The Morgan fingerprint density at radius 3 is 1.77 bits per heavy atom. The summed E-state index contributed by atoms with van der Waals surface area (Å²) in [6.45, 7) is 11.8. The highest BCUT2D eigenvalue weighted by Crippen LogP contribution is 2.36. The van der Waals surface area contributed by atoms with Crippen LogP contribution in [0.4, 0.5) is 0 Å². The minimum atomic E-state index is 0.320. The van der Waals surface area contributed by atoms with E-state index in [-0.39, 0.29) is 0 Å². The first-order valence-electron chi connectivity index (χ1n) is 10.2. The maximum Gasteiger partial charge on any atom is 0.0158 e. The topological polar surface area (TPSA) is 12.0 Å². The minimum absolute atomic E-state index is 0.320. The van der Waals surface area contributed by atoms with Crippen LogP contribution in [0.2, 0.25) is 0 Å². The lowest BCUT2D eigenvalue weighted by atomic mass is 9.72. The van der Waals surface area contributed by atoms with Crippen LogP contribution in [-0.4, -0.2) is 11.1 Å². The third kappa shape index (κ3) is 7.99. The Kier molecular flexibility index (Phi) is 9.05. The van der Waals surface area contributed by atoms with Gasteiger partial charge in [0.05, 0.1) is 0 Å². The summed E-state index contributed by atoms with van der Waals surface area (Å²) in [5.41, 5.74) is 0.652. The molecular weight excluding hydrogens is 266 g/mol. The van der Waals surface area contributed by atoms with E-state index in [9.17, 15) is 0 Å². The van der Waals surface area contributed by atoms with E-state index in [1.807, 2.05) is 0 Å². The van der Waals surface area contributed by atoms with Crippen molar-refractivity contribution in [2.45, 2.75) is 129 Å². The first-order chi connectivity index (χ1) is 10.4. The Labute approximate surface area is 141 Å². The maximum absolute atomic E-state index is 3.87. The number of nitrogens with one attached hydrogen (secondary N) is 1. The molecule has 1 heteroatoms. The van der Waals surface area contributed by atoms with Crippen LogP contribution in [-0.2, 0) is 0 Å². The van der Waals surface area contributed by atoms with Gasteiger partial charge in [-0.05, 0) is 52.9 Å². The van der Waals surface area contributed by atoms with Gasteiger partial charge < -0.3 is 5.32 Å². The Morgan fingerprint density at radius 1 is 0.773 bits per heavy atom. The monoisotopic (exact) mass is 309 g/mol. The molecule has 1 nitrogen and oxygen atoms in total. The molecule has 0 aliphatic carbocycles. The van der Waals surface area contributed by atoms with Crippen molar-refractivity contribution in [2.24, 2.45) is 5.92 Å². The minimum Gasteiger partial charge on any atom is -0.307 e. The Morgan fingerprint density at radius 2 is 1.27 bits per heavy atom. The van der Waals surface area contributed by atoms with E-state index in [1.165, 1.54) is 83.5 Å². The van der Waals surface area contributed by atoms with E-state index < -0.39 is 0 Å². The molecule has 1 aliphatic rings. The van der Waals surface area contributed by atoms with Crippen LogP contribution in [0.5, 0.6) is 0 Å². The quantitative estimate of drug-likeness (QED) is 0.411. The number of unbranched alkanes of at least 4 members (excludes halogenated alkanes) is 9. The average Bonchev–Trinajstić information content (AvgIpc) is 2.41. The van der Waals surface area contributed by atoms with Crippen LogP contribution < -0.4 is 5.32 Å². The van der Waals surface area contributed by atoms with Gasteiger partial charge in [-0.1, -0.05) is 71.1 Å². The van der Waals surface area contributed by atoms with Crippen LogP contribution in [0, 0.1) is 5.92 Å². The lowest BCUT2D eigenvalue weighted by molar-refractivity contribution is 0.104. The number of hydrogen-bond acceptors (Lipinski definition) is 1. The lowest BCUT2D eigenvalue weighted by Crippen LogP contribution is -2.59. The van der Waals surface area contributed by atoms with Gasteiger partial charge >= 0.3 is 0 Å². The molecule has 0 unspecified atom stereocenters. The molecule has 0 radical (unpaired) electrons. The summed E-state index contributed by atoms with van der Waals surface area (Å²) < 4.78 is 0. The van der Waals surface area contributed by atoms with E-state index in [0.717, 1.165) is 5.92 Å². The van der Waals surface area contributed by atoms with Crippen molar-refractivity contribution < 1.29 is 0 Å². The van der Waals surface area contributed by atoms with Crippen LogP contribution in [0.1, 0.15) is 118 Å². The molecule has 1 rings (SSSR count). The van der Waals surface area contributed by atoms with Gasteiger partial charge in [0.25, 0.3) is 0 Å². The smallest absolute Gasteiger partial charge is 0.0158 e. The predicted molar refractivity (Wildman–Crippen MR) is 100 cm³/mol. The molecule has 1 saturated heterocycles. The van der Waals surface area contributed by atoms with Crippen LogP contribution in [0.3, 0.4) is 0 Å². The summed E-state index contributed by atoms with van der Waals surface area (Å²) in [4.78, 5) is 0. The molecule has 0 aromatic rings. The van der Waals surface area contributed by atoms with Crippen molar-refractivity contribution in [1.82, 2.24) is 5.32 Å². The molecule has 22 heavy (non-hydrogen) atoms. The fraction of sp³-hybridized carbons (Fsp3) is 1.00. The molecular formula is C21H43N. The summed E-state index contributed by atoms with van der Waals surface area (Å²) >= 11 is 0. The second-order valence-electron chi connectivity index (χ2n) is 8.94. The Hall–Kier alpha value is -0.0400. The van der Waals surface area contributed by atoms with Crippen molar-refractivity contribution in [3.63, 3.8) is 0 Å². The molecule has 1 aliphatic heterocycles. The van der Waals surface area contributed by atoms with E-state index in [4.69, 9.17) is 0 Å². The second-order valence-corrected chi connectivity index (χ2v) is 8.94. The summed E-state index contributed by atoms with van der Waals surface area (Å²) in [6.07, 6.45) is 18.6. The number of hydrogen-bond donors (Lipinski definition) is 1. The summed E-state index contributed by atoms with van der Waals surface area (Å²) in [5.74, 6) is 0.870. The SMILES string of the molecule is CCCCCCCCCCCC[C@@H]1CCC(C)(C)NC1(C)C. The molecule has 132 valence electrons. The van der Waals surface area contributed by atoms with Crippen LogP contribution >= 0.6 is 0 Å². The van der Waals surface area contributed by atoms with Gasteiger partial charge in [0.1, 0.15) is 0 Å². The number of piperidine rings is 1. The Balaban J connectivity index is 2.01. The summed E-state index contributed by atoms with van der Waals surface area (Å²) in [5, 5.41) is 3.87. The van der Waals surface area contributed by atoms with E-state index in [0.29, 0.717) is 11.1 Å². The molecule has 1 heterocycles. The molecule has 1 atom stereocenters. The van der Waals surface area contributed by atoms with Gasteiger partial charge in [-0.3, -0.25) is 0 Å². The largest absolute Gasteiger partial charge is 0.307 e. The van der Waals surface area contributed by atoms with Crippen LogP contribution in [0.15, 0.2) is 0 Å². The maximum atomic E-state index is 3.87. The molecule has 0 aromatic carbocycles. The highest BCUT2D eigenvalue weighted by Gasteiger charge is 2.38. The zero-order chi connectivity index (χ0) is 16.5. The molecule has 0 aromatic heterocycles. The van der Waals surface area contributed by atoms with Gasteiger partial charge in [0.15, 0.2) is 0 Å². The standard InChI is InChI=1S/C21H43N/c1-6-7-8-9-10-11-12-13-14-15-16-19-17-18-20(2,3)22-21(19,4)5/h19,22H,6-18H2,1-5H3/t19-/m1/s1. The van der Waals surface area contributed by atoms with Gasteiger partial charge in [-0.15, -0.1) is 0 Å². The van der Waals surface area contributed by atoms with Gasteiger partial charge in [-0.2, -0.15) is 0 Å². The van der Waals surface area contributed by atoms with Gasteiger partial charge in [0.2, 0.25) is 0 Å². The first-order valence-corrected chi connectivity index (χ1v) is 10.2. The fourth-order valence-corrected chi connectivity index (χ4v) is 4.32. The highest BCUT2D eigenvalue weighted by atomic mass is 15.1.